The third-order valence-electron chi connectivity index (χ3n) is 3.99. The van der Waals surface area contributed by atoms with Crippen LogP contribution in [0.15, 0.2) is 72.8 Å². The lowest BCUT2D eigenvalue weighted by Crippen LogP contribution is -2.02. The zero-order valence-corrected chi connectivity index (χ0v) is 13.5. The first-order valence-corrected chi connectivity index (χ1v) is 8.04. The number of benzene rings is 3. The first-order chi connectivity index (χ1) is 11.7. The summed E-state index contributed by atoms with van der Waals surface area (Å²) in [5, 5.41) is 0.709. The Morgan fingerprint density at radius 1 is 0.917 bits per heavy atom. The number of imidazole rings is 1. The van der Waals surface area contributed by atoms with Gasteiger partial charge in [0, 0.05) is 17.1 Å². The molecule has 0 atom stereocenters. The highest BCUT2D eigenvalue weighted by Gasteiger charge is 2.13. The molecular formula is C20H14ClFN2. The van der Waals surface area contributed by atoms with E-state index in [2.05, 4.69) is 4.57 Å². The van der Waals surface area contributed by atoms with Crippen LogP contribution < -0.4 is 0 Å². The Bertz CT molecular complexity index is 1010. The van der Waals surface area contributed by atoms with Gasteiger partial charge in [-0.2, -0.15) is 0 Å². The third-order valence-corrected chi connectivity index (χ3v) is 4.22. The summed E-state index contributed by atoms with van der Waals surface area (Å²) in [6.45, 7) is 0.647. The Morgan fingerprint density at radius 3 is 2.50 bits per heavy atom. The molecule has 0 N–H and O–H groups in total. The highest BCUT2D eigenvalue weighted by atomic mass is 35.5. The van der Waals surface area contributed by atoms with Gasteiger partial charge in [-0.1, -0.05) is 35.9 Å². The fourth-order valence-electron chi connectivity index (χ4n) is 2.87. The van der Waals surface area contributed by atoms with Crippen molar-refractivity contribution in [3.63, 3.8) is 0 Å². The lowest BCUT2D eigenvalue weighted by atomic mass is 10.2. The summed E-state index contributed by atoms with van der Waals surface area (Å²) >= 11 is 6.11. The van der Waals surface area contributed by atoms with Gasteiger partial charge in [-0.05, 0) is 54.1 Å². The van der Waals surface area contributed by atoms with Crippen molar-refractivity contribution < 1.29 is 4.39 Å². The fourth-order valence-corrected chi connectivity index (χ4v) is 3.09. The molecule has 0 saturated heterocycles. The molecule has 4 heteroatoms. The van der Waals surface area contributed by atoms with Crippen LogP contribution in [0.1, 0.15) is 5.56 Å². The number of hydrogen-bond acceptors (Lipinski definition) is 1. The van der Waals surface area contributed by atoms with Crippen molar-refractivity contribution >= 4 is 22.6 Å². The Kier molecular flexibility index (Phi) is 3.79. The molecule has 0 saturated carbocycles. The lowest BCUT2D eigenvalue weighted by Gasteiger charge is -2.10. The van der Waals surface area contributed by atoms with Crippen molar-refractivity contribution in [1.29, 1.82) is 0 Å². The summed E-state index contributed by atoms with van der Waals surface area (Å²) in [7, 11) is 0. The van der Waals surface area contributed by atoms with Crippen molar-refractivity contribution in [3.8, 4) is 11.4 Å². The van der Waals surface area contributed by atoms with Gasteiger partial charge in [0.05, 0.1) is 11.0 Å². The maximum absolute atomic E-state index is 13.3. The normalized spacial score (nSPS) is 11.1. The zero-order chi connectivity index (χ0) is 16.5. The molecule has 1 heterocycles. The molecule has 2 nitrogen and oxygen atoms in total. The highest BCUT2D eigenvalue weighted by molar-refractivity contribution is 6.30. The number of para-hydroxylation sites is 2. The van der Waals surface area contributed by atoms with E-state index in [4.69, 9.17) is 16.6 Å². The van der Waals surface area contributed by atoms with Crippen LogP contribution in [0.25, 0.3) is 22.4 Å². The maximum Gasteiger partial charge on any atom is 0.141 e. The molecule has 3 aromatic carbocycles. The summed E-state index contributed by atoms with van der Waals surface area (Å²) in [4.78, 5) is 4.74. The van der Waals surface area contributed by atoms with Gasteiger partial charge in [-0.15, -0.1) is 0 Å². The fraction of sp³-hybridized carbons (Fsp3) is 0.0500. The molecule has 0 aliphatic carbocycles. The Morgan fingerprint density at radius 2 is 1.71 bits per heavy atom. The molecule has 1 aromatic heterocycles. The highest BCUT2D eigenvalue weighted by Crippen LogP contribution is 2.26. The van der Waals surface area contributed by atoms with E-state index in [1.807, 2.05) is 48.5 Å². The second kappa shape index (κ2) is 6.10. The molecular weight excluding hydrogens is 323 g/mol. The molecule has 0 unspecified atom stereocenters. The molecule has 24 heavy (non-hydrogen) atoms. The minimum Gasteiger partial charge on any atom is -0.319 e. The predicted molar refractivity (Wildman–Crippen MR) is 95.7 cm³/mol. The summed E-state index contributed by atoms with van der Waals surface area (Å²) in [6.07, 6.45) is 0. The Labute approximate surface area is 144 Å². The van der Waals surface area contributed by atoms with Crippen molar-refractivity contribution in [1.82, 2.24) is 9.55 Å². The molecule has 0 spiro atoms. The zero-order valence-electron chi connectivity index (χ0n) is 12.8. The maximum atomic E-state index is 13.3. The van der Waals surface area contributed by atoms with Crippen LogP contribution in [0.4, 0.5) is 4.39 Å². The van der Waals surface area contributed by atoms with E-state index >= 15 is 0 Å². The number of rotatable bonds is 3. The first kappa shape index (κ1) is 14.9. The molecule has 0 aliphatic rings. The summed E-state index contributed by atoms with van der Waals surface area (Å²) in [5.74, 6) is 0.562. The number of hydrogen-bond donors (Lipinski definition) is 0. The summed E-state index contributed by atoms with van der Waals surface area (Å²) in [6, 6.07) is 22.2. The van der Waals surface area contributed by atoms with Crippen molar-refractivity contribution in [2.45, 2.75) is 6.54 Å². The molecule has 0 aliphatic heterocycles. The van der Waals surface area contributed by atoms with Crippen LogP contribution in [0.3, 0.4) is 0 Å². The lowest BCUT2D eigenvalue weighted by molar-refractivity contribution is 0.628. The van der Waals surface area contributed by atoms with Crippen LogP contribution in [0.5, 0.6) is 0 Å². The smallest absolute Gasteiger partial charge is 0.141 e. The van der Waals surface area contributed by atoms with E-state index in [1.54, 1.807) is 12.1 Å². The third kappa shape index (κ3) is 2.79. The SMILES string of the molecule is Fc1ccc(-c2nc3ccccc3n2Cc2cccc(Cl)c2)cc1. The molecule has 4 aromatic rings. The molecule has 0 fully saturated rings. The van der Waals surface area contributed by atoms with Crippen molar-refractivity contribution in [3.05, 3.63) is 89.2 Å². The monoisotopic (exact) mass is 336 g/mol. The van der Waals surface area contributed by atoms with Crippen LogP contribution in [-0.4, -0.2) is 9.55 Å². The molecule has 0 radical (unpaired) electrons. The van der Waals surface area contributed by atoms with Crippen molar-refractivity contribution in [2.75, 3.05) is 0 Å². The van der Waals surface area contributed by atoms with Crippen LogP contribution in [-0.2, 0) is 6.54 Å². The van der Waals surface area contributed by atoms with Gasteiger partial charge in [0.15, 0.2) is 0 Å². The average Bonchev–Trinajstić information content (AvgIpc) is 2.94. The Hall–Kier alpha value is -2.65. The van der Waals surface area contributed by atoms with Gasteiger partial charge >= 0.3 is 0 Å². The number of nitrogens with zero attached hydrogens (tertiary/aromatic N) is 2. The standard InChI is InChI=1S/C20H14ClFN2/c21-16-5-3-4-14(12-16)13-24-19-7-2-1-6-18(19)23-20(24)15-8-10-17(22)11-9-15/h1-12H,13H2. The topological polar surface area (TPSA) is 17.8 Å². The van der Waals surface area contributed by atoms with Crippen molar-refractivity contribution in [2.24, 2.45) is 0 Å². The number of halogens is 2. The number of fused-ring (bicyclic) bond motifs is 1. The van der Waals surface area contributed by atoms with E-state index in [1.165, 1.54) is 12.1 Å². The minimum atomic E-state index is -0.253. The van der Waals surface area contributed by atoms with Gasteiger partial charge < -0.3 is 4.57 Å². The average molecular weight is 337 g/mol. The largest absolute Gasteiger partial charge is 0.319 e. The Balaban J connectivity index is 1.88. The van der Waals surface area contributed by atoms with Crippen LogP contribution in [0.2, 0.25) is 5.02 Å². The van der Waals surface area contributed by atoms with E-state index < -0.39 is 0 Å². The van der Waals surface area contributed by atoms with E-state index in [0.717, 1.165) is 28.0 Å². The predicted octanol–water partition coefficient (Wildman–Crippen LogP) is 5.54. The summed E-state index contributed by atoms with van der Waals surface area (Å²) in [5.41, 5.74) is 3.93. The second-order valence-electron chi connectivity index (χ2n) is 5.65. The van der Waals surface area contributed by atoms with E-state index in [0.29, 0.717) is 11.6 Å². The van der Waals surface area contributed by atoms with Gasteiger partial charge in [0.2, 0.25) is 0 Å². The second-order valence-corrected chi connectivity index (χ2v) is 6.08. The molecule has 4 rings (SSSR count). The van der Waals surface area contributed by atoms with Gasteiger partial charge in [0.1, 0.15) is 11.6 Å². The first-order valence-electron chi connectivity index (χ1n) is 7.66. The van der Waals surface area contributed by atoms with E-state index in [-0.39, 0.29) is 5.82 Å². The summed E-state index contributed by atoms with van der Waals surface area (Å²) < 4.78 is 15.4. The minimum absolute atomic E-state index is 0.253. The van der Waals surface area contributed by atoms with E-state index in [9.17, 15) is 4.39 Å². The van der Waals surface area contributed by atoms with Crippen LogP contribution in [0, 0.1) is 5.82 Å². The van der Waals surface area contributed by atoms with Gasteiger partial charge in [-0.25, -0.2) is 9.37 Å². The van der Waals surface area contributed by atoms with Gasteiger partial charge in [-0.3, -0.25) is 0 Å². The van der Waals surface area contributed by atoms with Crippen LogP contribution >= 0.6 is 11.6 Å². The molecule has 0 amide bonds. The number of aromatic nitrogens is 2. The molecule has 118 valence electrons. The quantitative estimate of drug-likeness (QED) is 0.480. The van der Waals surface area contributed by atoms with Gasteiger partial charge in [0.25, 0.3) is 0 Å². The molecule has 0 bridgehead atoms.